The minimum absolute atomic E-state index is 0.194. The van der Waals surface area contributed by atoms with Crippen molar-refractivity contribution in [2.24, 2.45) is 0 Å². The molecule has 7 heteroatoms. The van der Waals surface area contributed by atoms with E-state index in [1.54, 1.807) is 24.3 Å². The minimum atomic E-state index is -4.57. The van der Waals surface area contributed by atoms with Gasteiger partial charge in [0.1, 0.15) is 5.82 Å². The summed E-state index contributed by atoms with van der Waals surface area (Å²) < 4.78 is 39.0. The molecule has 1 fully saturated rings. The topological polar surface area (TPSA) is 41.9 Å². The first-order valence-corrected chi connectivity index (χ1v) is 6.67. The van der Waals surface area contributed by atoms with Crippen LogP contribution in [0.4, 0.5) is 19.0 Å². The smallest absolute Gasteiger partial charge is 0.356 e. The van der Waals surface area contributed by atoms with Crippen molar-refractivity contribution in [2.75, 3.05) is 18.0 Å². The van der Waals surface area contributed by atoms with Crippen LogP contribution in [0.3, 0.4) is 0 Å². The van der Waals surface area contributed by atoms with Crippen molar-refractivity contribution in [3.8, 4) is 11.4 Å². The third-order valence-corrected chi connectivity index (χ3v) is 3.32. The van der Waals surface area contributed by atoms with Gasteiger partial charge in [-0.15, -0.1) is 0 Å². The Morgan fingerprint density at radius 1 is 1.00 bits per heavy atom. The number of anilines is 1. The van der Waals surface area contributed by atoms with E-state index < -0.39 is 12.0 Å². The van der Waals surface area contributed by atoms with Crippen LogP contribution in [-0.4, -0.2) is 28.0 Å². The Hall–Kier alpha value is -2.18. The number of alkyl halides is 3. The molecule has 0 amide bonds. The van der Waals surface area contributed by atoms with Gasteiger partial charge in [-0.05, 0) is 25.0 Å². The van der Waals surface area contributed by atoms with Gasteiger partial charge in [0.15, 0.2) is 0 Å². The molecule has 110 valence electrons. The molecule has 0 radical (unpaired) electrons. The molecular weight excluding hydrogens is 281 g/mol. The van der Waals surface area contributed by atoms with Crippen LogP contribution in [0.2, 0.25) is 0 Å². The zero-order valence-corrected chi connectivity index (χ0v) is 11.1. The van der Waals surface area contributed by atoms with E-state index in [0.717, 1.165) is 25.9 Å². The number of rotatable bonds is 2. The van der Waals surface area contributed by atoms with Gasteiger partial charge in [0.25, 0.3) is 0 Å². The molecule has 0 aliphatic carbocycles. The van der Waals surface area contributed by atoms with Crippen LogP contribution in [0, 0.1) is 0 Å². The van der Waals surface area contributed by atoms with E-state index in [1.165, 1.54) is 6.20 Å². The van der Waals surface area contributed by atoms with Crippen LogP contribution in [0.25, 0.3) is 11.4 Å². The molecule has 0 aromatic carbocycles. The maximum atomic E-state index is 13.0. The Balaban J connectivity index is 2.09. The molecule has 2 aromatic rings. The average molecular weight is 294 g/mol. The van der Waals surface area contributed by atoms with Crippen LogP contribution < -0.4 is 4.90 Å². The predicted molar refractivity (Wildman–Crippen MR) is 71.7 cm³/mol. The third-order valence-electron chi connectivity index (χ3n) is 3.32. The van der Waals surface area contributed by atoms with Crippen molar-refractivity contribution in [2.45, 2.75) is 19.0 Å². The highest BCUT2D eigenvalue weighted by Crippen LogP contribution is 2.31. The molecule has 1 aliphatic heterocycles. The van der Waals surface area contributed by atoms with E-state index in [9.17, 15) is 13.2 Å². The zero-order chi connectivity index (χ0) is 14.9. The summed E-state index contributed by atoms with van der Waals surface area (Å²) in [5.41, 5.74) is 0.602. The van der Waals surface area contributed by atoms with Crippen molar-refractivity contribution in [3.63, 3.8) is 0 Å². The number of hydrogen-bond acceptors (Lipinski definition) is 4. The minimum Gasteiger partial charge on any atom is -0.356 e. The van der Waals surface area contributed by atoms with Gasteiger partial charge in [-0.1, -0.05) is 6.07 Å². The normalized spacial score (nSPS) is 15.5. The van der Waals surface area contributed by atoms with Gasteiger partial charge < -0.3 is 4.90 Å². The van der Waals surface area contributed by atoms with Gasteiger partial charge in [0.05, 0.1) is 11.4 Å². The number of nitrogens with zero attached hydrogens (tertiary/aromatic N) is 4. The lowest BCUT2D eigenvalue weighted by Gasteiger charge is -2.18. The van der Waals surface area contributed by atoms with E-state index >= 15 is 0 Å². The molecule has 2 aromatic heterocycles. The SMILES string of the molecule is FC(F)(F)c1nc(-c2ccccn2)cc(N2CCCC2)n1. The van der Waals surface area contributed by atoms with Gasteiger partial charge in [-0.2, -0.15) is 13.2 Å². The number of halogens is 3. The Morgan fingerprint density at radius 3 is 2.38 bits per heavy atom. The summed E-state index contributed by atoms with van der Waals surface area (Å²) in [4.78, 5) is 13.2. The third kappa shape index (κ3) is 2.96. The van der Waals surface area contributed by atoms with E-state index in [4.69, 9.17) is 0 Å². The maximum absolute atomic E-state index is 13.0. The van der Waals surface area contributed by atoms with Gasteiger partial charge in [0, 0.05) is 25.4 Å². The lowest BCUT2D eigenvalue weighted by atomic mass is 10.2. The quantitative estimate of drug-likeness (QED) is 0.853. The average Bonchev–Trinajstić information content (AvgIpc) is 3.01. The molecule has 0 N–H and O–H groups in total. The summed E-state index contributed by atoms with van der Waals surface area (Å²) in [7, 11) is 0. The second-order valence-corrected chi connectivity index (χ2v) is 4.84. The molecule has 1 saturated heterocycles. The molecule has 4 nitrogen and oxygen atoms in total. The molecule has 0 unspecified atom stereocenters. The molecule has 0 bridgehead atoms. The number of aromatic nitrogens is 3. The highest BCUT2D eigenvalue weighted by molar-refractivity contribution is 5.59. The summed E-state index contributed by atoms with van der Waals surface area (Å²) in [5.74, 6) is -0.803. The molecular formula is C14H13F3N4. The fourth-order valence-corrected chi connectivity index (χ4v) is 2.31. The van der Waals surface area contributed by atoms with Crippen molar-refractivity contribution in [3.05, 3.63) is 36.3 Å². The molecule has 21 heavy (non-hydrogen) atoms. The highest BCUT2D eigenvalue weighted by Gasteiger charge is 2.36. The Bertz CT molecular complexity index is 622. The summed E-state index contributed by atoms with van der Waals surface area (Å²) in [6.07, 6.45) is -1.12. The van der Waals surface area contributed by atoms with Crippen LogP contribution in [0.1, 0.15) is 18.7 Å². The monoisotopic (exact) mass is 294 g/mol. The Labute approximate surface area is 119 Å². The lowest BCUT2D eigenvalue weighted by molar-refractivity contribution is -0.144. The largest absolute Gasteiger partial charge is 0.451 e. The van der Waals surface area contributed by atoms with E-state index in [1.807, 2.05) is 4.90 Å². The van der Waals surface area contributed by atoms with Crippen LogP contribution in [0.5, 0.6) is 0 Å². The Kier molecular flexibility index (Phi) is 3.48. The fourth-order valence-electron chi connectivity index (χ4n) is 2.31. The summed E-state index contributed by atoms with van der Waals surface area (Å²) in [5, 5.41) is 0. The van der Waals surface area contributed by atoms with Crippen LogP contribution >= 0.6 is 0 Å². The van der Waals surface area contributed by atoms with Gasteiger partial charge >= 0.3 is 6.18 Å². The van der Waals surface area contributed by atoms with Crippen LogP contribution in [-0.2, 0) is 6.18 Å². The molecule has 3 rings (SSSR count). The van der Waals surface area contributed by atoms with Crippen molar-refractivity contribution < 1.29 is 13.2 Å². The van der Waals surface area contributed by atoms with Gasteiger partial charge in [-0.3, -0.25) is 4.98 Å². The van der Waals surface area contributed by atoms with E-state index in [0.29, 0.717) is 11.5 Å². The van der Waals surface area contributed by atoms with Gasteiger partial charge in [-0.25, -0.2) is 9.97 Å². The van der Waals surface area contributed by atoms with Crippen molar-refractivity contribution >= 4 is 5.82 Å². The van der Waals surface area contributed by atoms with Crippen LogP contribution in [0.15, 0.2) is 30.5 Å². The molecule has 0 atom stereocenters. The first kappa shape index (κ1) is 13.8. The summed E-state index contributed by atoms with van der Waals surface area (Å²) in [6.45, 7) is 1.44. The van der Waals surface area contributed by atoms with Crippen molar-refractivity contribution in [1.29, 1.82) is 0 Å². The van der Waals surface area contributed by atoms with E-state index in [-0.39, 0.29) is 5.69 Å². The second-order valence-electron chi connectivity index (χ2n) is 4.84. The summed E-state index contributed by atoms with van der Waals surface area (Å²) >= 11 is 0. The first-order chi connectivity index (χ1) is 10.0. The molecule has 3 heterocycles. The second kappa shape index (κ2) is 5.31. The first-order valence-electron chi connectivity index (χ1n) is 6.67. The molecule has 0 saturated carbocycles. The standard InChI is InChI=1S/C14H13F3N4/c15-14(16,17)13-19-11(10-5-1-2-6-18-10)9-12(20-13)21-7-3-4-8-21/h1-2,5-6,9H,3-4,7-8H2. The zero-order valence-electron chi connectivity index (χ0n) is 11.1. The Morgan fingerprint density at radius 2 is 1.76 bits per heavy atom. The lowest BCUT2D eigenvalue weighted by Crippen LogP contribution is -2.22. The van der Waals surface area contributed by atoms with E-state index in [2.05, 4.69) is 15.0 Å². The van der Waals surface area contributed by atoms with Crippen molar-refractivity contribution in [1.82, 2.24) is 15.0 Å². The highest BCUT2D eigenvalue weighted by atomic mass is 19.4. The number of hydrogen-bond donors (Lipinski definition) is 0. The number of pyridine rings is 1. The predicted octanol–water partition coefficient (Wildman–Crippen LogP) is 3.16. The maximum Gasteiger partial charge on any atom is 0.451 e. The van der Waals surface area contributed by atoms with Gasteiger partial charge in [0.2, 0.25) is 5.82 Å². The fraction of sp³-hybridized carbons (Fsp3) is 0.357. The molecule has 1 aliphatic rings. The summed E-state index contributed by atoms with van der Waals surface area (Å²) in [6, 6.07) is 6.63. The molecule has 0 spiro atoms.